The average Bonchev–Trinajstić information content (AvgIpc) is 3.14. The van der Waals surface area contributed by atoms with Gasteiger partial charge in [-0.15, -0.1) is 0 Å². The van der Waals surface area contributed by atoms with E-state index in [0.29, 0.717) is 0 Å². The Balaban J connectivity index is 2.40. The summed E-state index contributed by atoms with van der Waals surface area (Å²) in [5.41, 5.74) is 3.05. The lowest BCUT2D eigenvalue weighted by molar-refractivity contribution is -0.132. The van der Waals surface area contributed by atoms with Gasteiger partial charge >= 0.3 is 5.97 Å². The topological polar surface area (TPSA) is 35.5 Å². The highest BCUT2D eigenvalue weighted by molar-refractivity contribution is 5.72. The molecule has 1 aromatic rings. The minimum atomic E-state index is -0.250. The predicted octanol–water partition coefficient (Wildman–Crippen LogP) is 10.4. The van der Waals surface area contributed by atoms with Crippen LogP contribution >= 0.6 is 0 Å². The van der Waals surface area contributed by atoms with E-state index in [2.05, 4.69) is 61.5 Å². The highest BCUT2D eigenvalue weighted by atomic mass is 16.5. The first-order valence-corrected chi connectivity index (χ1v) is 15.4. The molecular formula is C34H58O3. The molecule has 1 aliphatic rings. The second-order valence-corrected chi connectivity index (χ2v) is 13.7. The van der Waals surface area contributed by atoms with Crippen molar-refractivity contribution in [3.63, 3.8) is 0 Å². The third-order valence-corrected chi connectivity index (χ3v) is 7.95. The Labute approximate surface area is 229 Å². The predicted molar refractivity (Wildman–Crippen MR) is 158 cm³/mol. The monoisotopic (exact) mass is 514 g/mol. The smallest absolute Gasteiger partial charge is 0.308 e. The van der Waals surface area contributed by atoms with Crippen LogP contribution in [0.4, 0.5) is 0 Å². The summed E-state index contributed by atoms with van der Waals surface area (Å²) in [6.45, 7) is 19.4. The summed E-state index contributed by atoms with van der Waals surface area (Å²) in [6.07, 6.45) is 18.8. The largest absolute Gasteiger partial charge is 0.487 e. The van der Waals surface area contributed by atoms with Gasteiger partial charge in [0, 0.05) is 30.0 Å². The molecule has 0 fully saturated rings. The third kappa shape index (κ3) is 9.32. The number of hydrogen-bond donors (Lipinski definition) is 0. The minimum absolute atomic E-state index is 0.137. The quantitative estimate of drug-likeness (QED) is 0.133. The zero-order chi connectivity index (χ0) is 27.7. The molecule has 1 heterocycles. The van der Waals surface area contributed by atoms with Crippen LogP contribution in [-0.2, 0) is 22.0 Å². The van der Waals surface area contributed by atoms with Crippen molar-refractivity contribution in [2.24, 2.45) is 0 Å². The Morgan fingerprint density at radius 2 is 1.30 bits per heavy atom. The third-order valence-electron chi connectivity index (χ3n) is 7.95. The highest BCUT2D eigenvalue weighted by Gasteiger charge is 2.43. The highest BCUT2D eigenvalue weighted by Crippen LogP contribution is 2.52. The molecule has 212 valence electrons. The van der Waals surface area contributed by atoms with Crippen molar-refractivity contribution in [1.82, 2.24) is 0 Å². The first kappa shape index (κ1) is 31.7. The van der Waals surface area contributed by atoms with E-state index in [-0.39, 0.29) is 22.4 Å². The molecule has 2 rings (SSSR count). The molecule has 1 aliphatic heterocycles. The van der Waals surface area contributed by atoms with Crippen LogP contribution < -0.4 is 9.47 Å². The molecule has 0 unspecified atom stereocenters. The van der Waals surface area contributed by atoms with Crippen molar-refractivity contribution in [3.05, 3.63) is 22.8 Å². The molecule has 0 bridgehead atoms. The van der Waals surface area contributed by atoms with E-state index in [9.17, 15) is 4.79 Å². The first-order chi connectivity index (χ1) is 17.3. The van der Waals surface area contributed by atoms with E-state index in [0.717, 1.165) is 41.9 Å². The van der Waals surface area contributed by atoms with Crippen LogP contribution in [0.2, 0.25) is 0 Å². The SMILES string of the molecule is CCCCCCCCC1(CCCCCCCC)Cc2c(cc(C(C)(C)C)c(OC(C)=O)c2C(C)(C)C)O1. The molecule has 0 aromatic heterocycles. The van der Waals surface area contributed by atoms with E-state index in [1.165, 1.54) is 89.5 Å². The standard InChI is InChI=1S/C34H58O3/c1-10-12-14-16-18-20-22-34(23-21-19-17-15-13-11-2)25-27-29(37-34)24-28(32(4,5)6)31(36-26(3)35)30(27)33(7,8)9/h24H,10-23,25H2,1-9H3. The number of ether oxygens (including phenoxy) is 2. The molecule has 0 amide bonds. The van der Waals surface area contributed by atoms with Crippen LogP contribution in [0.1, 0.15) is 169 Å². The van der Waals surface area contributed by atoms with Gasteiger partial charge in [0.05, 0.1) is 0 Å². The maximum absolute atomic E-state index is 12.2. The summed E-state index contributed by atoms with van der Waals surface area (Å²) in [4.78, 5) is 12.2. The summed E-state index contributed by atoms with van der Waals surface area (Å²) < 4.78 is 13.0. The molecule has 1 aromatic carbocycles. The van der Waals surface area contributed by atoms with Gasteiger partial charge in [0.1, 0.15) is 17.1 Å². The van der Waals surface area contributed by atoms with Crippen molar-refractivity contribution >= 4 is 5.97 Å². The molecule has 3 nitrogen and oxygen atoms in total. The number of carbonyl (C=O) groups is 1. The summed E-state index contributed by atoms with van der Waals surface area (Å²) in [5, 5.41) is 0. The van der Waals surface area contributed by atoms with Crippen LogP contribution in [0.15, 0.2) is 6.07 Å². The van der Waals surface area contributed by atoms with Crippen LogP contribution in [0.5, 0.6) is 11.5 Å². The fourth-order valence-corrected chi connectivity index (χ4v) is 6.00. The number of rotatable bonds is 15. The fraction of sp³-hybridized carbons (Fsp3) is 0.794. The molecule has 3 heteroatoms. The van der Waals surface area contributed by atoms with E-state index in [1.807, 2.05) is 0 Å². The van der Waals surface area contributed by atoms with Gasteiger partial charge in [0.2, 0.25) is 0 Å². The number of hydrogen-bond acceptors (Lipinski definition) is 3. The normalized spacial score (nSPS) is 14.9. The van der Waals surface area contributed by atoms with Crippen LogP contribution in [0.25, 0.3) is 0 Å². The number of carbonyl (C=O) groups excluding carboxylic acids is 1. The second kappa shape index (κ2) is 14.0. The number of fused-ring (bicyclic) bond motifs is 1. The lowest BCUT2D eigenvalue weighted by atomic mass is 9.75. The van der Waals surface area contributed by atoms with Gasteiger partial charge in [-0.1, -0.05) is 120 Å². The maximum atomic E-state index is 12.2. The van der Waals surface area contributed by atoms with Gasteiger partial charge in [-0.2, -0.15) is 0 Å². The van der Waals surface area contributed by atoms with Crippen LogP contribution in [0, 0.1) is 0 Å². The molecule has 0 radical (unpaired) electrons. The molecule has 0 saturated heterocycles. The number of benzene rings is 1. The Morgan fingerprint density at radius 3 is 1.73 bits per heavy atom. The van der Waals surface area contributed by atoms with Crippen molar-refractivity contribution in [2.45, 2.75) is 175 Å². The van der Waals surface area contributed by atoms with E-state index in [1.54, 1.807) is 0 Å². The van der Waals surface area contributed by atoms with Gasteiger partial charge in [0.15, 0.2) is 0 Å². The molecule has 0 saturated carbocycles. The average molecular weight is 515 g/mol. The fourth-order valence-electron chi connectivity index (χ4n) is 6.00. The van der Waals surface area contributed by atoms with Gasteiger partial charge in [-0.3, -0.25) is 4.79 Å². The second-order valence-electron chi connectivity index (χ2n) is 13.7. The van der Waals surface area contributed by atoms with Crippen molar-refractivity contribution in [3.8, 4) is 11.5 Å². The maximum Gasteiger partial charge on any atom is 0.308 e. The summed E-state index contributed by atoms with van der Waals surface area (Å²) >= 11 is 0. The number of unbranched alkanes of at least 4 members (excludes halogenated alkanes) is 10. The number of esters is 1. The molecule has 0 atom stereocenters. The Kier molecular flexibility index (Phi) is 12.0. The molecule has 0 N–H and O–H groups in total. The van der Waals surface area contributed by atoms with Crippen molar-refractivity contribution < 1.29 is 14.3 Å². The first-order valence-electron chi connectivity index (χ1n) is 15.4. The Morgan fingerprint density at radius 1 is 0.811 bits per heavy atom. The van der Waals surface area contributed by atoms with Crippen molar-refractivity contribution in [2.75, 3.05) is 0 Å². The Hall–Kier alpha value is -1.51. The van der Waals surface area contributed by atoms with E-state index >= 15 is 0 Å². The minimum Gasteiger partial charge on any atom is -0.487 e. The van der Waals surface area contributed by atoms with Crippen LogP contribution in [-0.4, -0.2) is 11.6 Å². The van der Waals surface area contributed by atoms with Gasteiger partial charge < -0.3 is 9.47 Å². The summed E-state index contributed by atoms with van der Waals surface area (Å²) in [5.74, 6) is 1.55. The summed E-state index contributed by atoms with van der Waals surface area (Å²) in [7, 11) is 0. The summed E-state index contributed by atoms with van der Waals surface area (Å²) in [6, 6.07) is 2.20. The molecule has 0 aliphatic carbocycles. The lowest BCUT2D eigenvalue weighted by Crippen LogP contribution is -2.34. The van der Waals surface area contributed by atoms with Gasteiger partial charge in [-0.25, -0.2) is 0 Å². The molecule has 37 heavy (non-hydrogen) atoms. The molecule has 0 spiro atoms. The van der Waals surface area contributed by atoms with E-state index in [4.69, 9.17) is 9.47 Å². The Bertz CT molecular complexity index is 837. The zero-order valence-electron chi connectivity index (χ0n) is 25.9. The van der Waals surface area contributed by atoms with Crippen LogP contribution in [0.3, 0.4) is 0 Å². The van der Waals surface area contributed by atoms with Gasteiger partial charge in [-0.05, 0) is 42.6 Å². The van der Waals surface area contributed by atoms with E-state index < -0.39 is 0 Å². The molecular weight excluding hydrogens is 456 g/mol. The van der Waals surface area contributed by atoms with Crippen molar-refractivity contribution in [1.29, 1.82) is 0 Å². The van der Waals surface area contributed by atoms with Gasteiger partial charge in [0.25, 0.3) is 0 Å². The lowest BCUT2D eigenvalue weighted by Gasteiger charge is -2.30. The zero-order valence-corrected chi connectivity index (χ0v) is 25.9.